The van der Waals surface area contributed by atoms with E-state index in [0.29, 0.717) is 12.8 Å². The average molecular weight is 174 g/mol. The van der Waals surface area contributed by atoms with Gasteiger partial charge in [0.15, 0.2) is 0 Å². The summed E-state index contributed by atoms with van der Waals surface area (Å²) in [6.45, 7) is 0. The number of nitrogens with zero attached hydrogens (tertiary/aromatic N) is 2. The Labute approximate surface area is 76.7 Å². The predicted molar refractivity (Wildman–Crippen MR) is 46.8 cm³/mol. The molecule has 1 aromatic rings. The van der Waals surface area contributed by atoms with Crippen molar-refractivity contribution in [3.8, 4) is 6.07 Å². The summed E-state index contributed by atoms with van der Waals surface area (Å²) in [6.07, 6.45) is 2.38. The van der Waals surface area contributed by atoms with Crippen molar-refractivity contribution < 1.29 is 5.11 Å². The van der Waals surface area contributed by atoms with E-state index in [4.69, 9.17) is 5.26 Å². The zero-order valence-corrected chi connectivity index (χ0v) is 7.14. The molecule has 1 saturated carbocycles. The first-order valence-corrected chi connectivity index (χ1v) is 4.28. The Bertz CT molecular complexity index is 336. The van der Waals surface area contributed by atoms with Crippen LogP contribution in [0.25, 0.3) is 0 Å². The van der Waals surface area contributed by atoms with Crippen molar-refractivity contribution in [3.63, 3.8) is 0 Å². The maximum Gasteiger partial charge on any atom is 0.104 e. The predicted octanol–water partition coefficient (Wildman–Crippen LogP) is 0.998. The van der Waals surface area contributed by atoms with E-state index >= 15 is 0 Å². The lowest BCUT2D eigenvalue weighted by atomic mass is 9.65. The first-order chi connectivity index (χ1) is 6.27. The Kier molecular flexibility index (Phi) is 1.78. The van der Waals surface area contributed by atoms with E-state index in [-0.39, 0.29) is 6.10 Å². The molecule has 13 heavy (non-hydrogen) atoms. The van der Waals surface area contributed by atoms with Gasteiger partial charge in [0.2, 0.25) is 0 Å². The average Bonchev–Trinajstić information content (AvgIpc) is 2.14. The van der Waals surface area contributed by atoms with E-state index in [2.05, 4.69) is 11.1 Å². The molecule has 3 nitrogen and oxygen atoms in total. The summed E-state index contributed by atoms with van der Waals surface area (Å²) in [5, 5.41) is 18.2. The molecule has 66 valence electrons. The van der Waals surface area contributed by atoms with Crippen molar-refractivity contribution in [3.05, 3.63) is 30.1 Å². The van der Waals surface area contributed by atoms with Crippen LogP contribution in [-0.2, 0) is 5.41 Å². The summed E-state index contributed by atoms with van der Waals surface area (Å²) >= 11 is 0. The third-order valence-electron chi connectivity index (χ3n) is 2.54. The SMILES string of the molecule is N#CC1(c2ccccn2)CC(O)C1. The second-order valence-electron chi connectivity index (χ2n) is 3.47. The molecule has 0 spiro atoms. The van der Waals surface area contributed by atoms with E-state index in [0.717, 1.165) is 5.69 Å². The van der Waals surface area contributed by atoms with Crippen LogP contribution in [0, 0.1) is 11.3 Å². The van der Waals surface area contributed by atoms with Crippen molar-refractivity contribution in [1.29, 1.82) is 5.26 Å². The fraction of sp³-hybridized carbons (Fsp3) is 0.400. The highest BCUT2D eigenvalue weighted by molar-refractivity contribution is 5.31. The number of aliphatic hydroxyl groups is 1. The summed E-state index contributed by atoms with van der Waals surface area (Å²) < 4.78 is 0. The smallest absolute Gasteiger partial charge is 0.104 e. The fourth-order valence-corrected chi connectivity index (χ4v) is 1.75. The van der Waals surface area contributed by atoms with Gasteiger partial charge in [-0.1, -0.05) is 6.07 Å². The molecule has 3 heteroatoms. The number of hydrogen-bond acceptors (Lipinski definition) is 3. The molecule has 0 aromatic carbocycles. The lowest BCUT2D eigenvalue weighted by molar-refractivity contribution is 0.0429. The molecule has 0 bridgehead atoms. The Morgan fingerprint density at radius 2 is 2.31 bits per heavy atom. The summed E-state index contributed by atoms with van der Waals surface area (Å²) in [5.74, 6) is 0. The van der Waals surface area contributed by atoms with E-state index in [1.807, 2.05) is 18.2 Å². The molecule has 0 unspecified atom stereocenters. The van der Waals surface area contributed by atoms with Crippen LogP contribution in [0.1, 0.15) is 18.5 Å². The lowest BCUT2D eigenvalue weighted by Gasteiger charge is -2.38. The van der Waals surface area contributed by atoms with Crippen LogP contribution in [0.15, 0.2) is 24.4 Å². The van der Waals surface area contributed by atoms with Crippen molar-refractivity contribution in [2.75, 3.05) is 0 Å². The van der Waals surface area contributed by atoms with Gasteiger partial charge in [0, 0.05) is 6.20 Å². The molecule has 2 rings (SSSR count). The third kappa shape index (κ3) is 1.20. The molecule has 0 radical (unpaired) electrons. The highest BCUT2D eigenvalue weighted by Gasteiger charge is 2.46. The Morgan fingerprint density at radius 3 is 2.77 bits per heavy atom. The molecular formula is C10H10N2O. The fourth-order valence-electron chi connectivity index (χ4n) is 1.75. The summed E-state index contributed by atoms with van der Waals surface area (Å²) in [7, 11) is 0. The molecule has 0 saturated heterocycles. The Hall–Kier alpha value is -1.40. The van der Waals surface area contributed by atoms with Gasteiger partial charge in [-0.2, -0.15) is 5.26 Å². The molecule has 0 amide bonds. The highest BCUT2D eigenvalue weighted by atomic mass is 16.3. The minimum Gasteiger partial charge on any atom is -0.393 e. The quantitative estimate of drug-likeness (QED) is 0.691. The summed E-state index contributed by atoms with van der Waals surface area (Å²) in [5.41, 5.74) is 0.253. The van der Waals surface area contributed by atoms with E-state index in [1.54, 1.807) is 6.20 Å². The maximum absolute atomic E-state index is 9.20. The molecular weight excluding hydrogens is 164 g/mol. The lowest BCUT2D eigenvalue weighted by Crippen LogP contribution is -2.43. The van der Waals surface area contributed by atoms with Crippen LogP contribution in [0.3, 0.4) is 0 Å². The Morgan fingerprint density at radius 1 is 1.54 bits per heavy atom. The molecule has 1 aliphatic carbocycles. The maximum atomic E-state index is 9.20. The molecule has 1 N–H and O–H groups in total. The minimum atomic E-state index is -0.527. The van der Waals surface area contributed by atoms with Gasteiger partial charge in [0.05, 0.1) is 17.9 Å². The van der Waals surface area contributed by atoms with E-state index in [1.165, 1.54) is 0 Å². The molecule has 1 fully saturated rings. The van der Waals surface area contributed by atoms with Crippen LogP contribution < -0.4 is 0 Å². The molecule has 1 aromatic heterocycles. The highest BCUT2D eigenvalue weighted by Crippen LogP contribution is 2.42. The normalized spacial score (nSPS) is 31.8. The van der Waals surface area contributed by atoms with Crippen molar-refractivity contribution in [1.82, 2.24) is 4.98 Å². The Balaban J connectivity index is 2.31. The van der Waals surface area contributed by atoms with E-state index in [9.17, 15) is 5.11 Å². The van der Waals surface area contributed by atoms with Gasteiger partial charge in [0.1, 0.15) is 5.41 Å². The number of aliphatic hydroxyl groups excluding tert-OH is 1. The van der Waals surface area contributed by atoms with Gasteiger partial charge in [-0.3, -0.25) is 4.98 Å². The van der Waals surface area contributed by atoms with Gasteiger partial charge < -0.3 is 5.11 Å². The zero-order valence-electron chi connectivity index (χ0n) is 7.14. The topological polar surface area (TPSA) is 56.9 Å². The summed E-state index contributed by atoms with van der Waals surface area (Å²) in [4.78, 5) is 4.14. The second kappa shape index (κ2) is 2.82. The molecule has 0 atom stereocenters. The van der Waals surface area contributed by atoms with E-state index < -0.39 is 5.41 Å². The minimum absolute atomic E-state index is 0.332. The summed E-state index contributed by atoms with van der Waals surface area (Å²) in [6, 6.07) is 7.77. The van der Waals surface area contributed by atoms with Crippen molar-refractivity contribution in [2.45, 2.75) is 24.4 Å². The third-order valence-corrected chi connectivity index (χ3v) is 2.54. The van der Waals surface area contributed by atoms with Crippen LogP contribution in [0.2, 0.25) is 0 Å². The molecule has 1 aliphatic rings. The number of pyridine rings is 1. The first-order valence-electron chi connectivity index (χ1n) is 4.28. The molecule has 1 heterocycles. The van der Waals surface area contributed by atoms with Gasteiger partial charge >= 0.3 is 0 Å². The largest absolute Gasteiger partial charge is 0.393 e. The van der Waals surface area contributed by atoms with Gasteiger partial charge in [-0.15, -0.1) is 0 Å². The standard InChI is InChI=1S/C10H10N2O/c11-7-10(5-8(13)6-10)9-3-1-2-4-12-9/h1-4,8,13H,5-6H2. The van der Waals surface area contributed by atoms with Crippen LogP contribution >= 0.6 is 0 Å². The van der Waals surface area contributed by atoms with Crippen molar-refractivity contribution >= 4 is 0 Å². The molecule has 0 aliphatic heterocycles. The number of nitriles is 1. The second-order valence-corrected chi connectivity index (χ2v) is 3.47. The van der Waals surface area contributed by atoms with Gasteiger partial charge in [0.25, 0.3) is 0 Å². The zero-order chi connectivity index (χ0) is 9.31. The number of rotatable bonds is 1. The monoisotopic (exact) mass is 174 g/mol. The number of aromatic nitrogens is 1. The van der Waals surface area contributed by atoms with Crippen molar-refractivity contribution in [2.24, 2.45) is 0 Å². The van der Waals surface area contributed by atoms with Gasteiger partial charge in [-0.05, 0) is 25.0 Å². The van der Waals surface area contributed by atoms with Crippen LogP contribution in [0.4, 0.5) is 0 Å². The van der Waals surface area contributed by atoms with Crippen LogP contribution in [-0.4, -0.2) is 16.2 Å². The van der Waals surface area contributed by atoms with Gasteiger partial charge in [-0.25, -0.2) is 0 Å². The number of hydrogen-bond donors (Lipinski definition) is 1. The first kappa shape index (κ1) is 8.21. The van der Waals surface area contributed by atoms with Crippen LogP contribution in [0.5, 0.6) is 0 Å².